The minimum atomic E-state index is -0.944. The van der Waals surface area contributed by atoms with E-state index in [2.05, 4.69) is 20.8 Å². The summed E-state index contributed by atoms with van der Waals surface area (Å²) in [6.07, 6.45) is 3.75. The molecular formula is C14H16BrNO3. The summed E-state index contributed by atoms with van der Waals surface area (Å²) in [7, 11) is 2.05. The summed E-state index contributed by atoms with van der Waals surface area (Å²) in [4.78, 5) is 12.7. The van der Waals surface area contributed by atoms with Gasteiger partial charge >= 0.3 is 5.97 Å². The number of anilines is 1. The summed E-state index contributed by atoms with van der Waals surface area (Å²) in [5, 5.41) is 8.61. The van der Waals surface area contributed by atoms with E-state index in [9.17, 15) is 4.79 Å². The molecule has 5 heteroatoms. The van der Waals surface area contributed by atoms with Crippen LogP contribution in [0.25, 0.3) is 6.08 Å². The molecular weight excluding hydrogens is 310 g/mol. The predicted molar refractivity (Wildman–Crippen MR) is 78.4 cm³/mol. The molecule has 0 aromatic heterocycles. The average Bonchev–Trinajstić information content (AvgIpc) is 2.89. The number of rotatable bonds is 4. The van der Waals surface area contributed by atoms with Crippen LogP contribution in [-0.4, -0.2) is 37.4 Å². The van der Waals surface area contributed by atoms with Crippen molar-refractivity contribution >= 4 is 33.7 Å². The molecule has 4 nitrogen and oxygen atoms in total. The van der Waals surface area contributed by atoms with Crippen LogP contribution >= 0.6 is 15.9 Å². The third-order valence-electron chi connectivity index (χ3n) is 3.22. The first-order valence-corrected chi connectivity index (χ1v) is 6.88. The highest BCUT2D eigenvalue weighted by Gasteiger charge is 2.21. The molecule has 0 amide bonds. The average molecular weight is 326 g/mol. The zero-order valence-corrected chi connectivity index (χ0v) is 12.3. The van der Waals surface area contributed by atoms with Gasteiger partial charge in [-0.25, -0.2) is 4.79 Å². The smallest absolute Gasteiger partial charge is 0.328 e. The lowest BCUT2D eigenvalue weighted by Crippen LogP contribution is -2.31. The first kappa shape index (κ1) is 14.1. The fourth-order valence-electron chi connectivity index (χ4n) is 2.10. The number of halogens is 1. The third kappa shape index (κ3) is 3.58. The first-order chi connectivity index (χ1) is 9.08. The molecule has 1 heterocycles. The number of carboxylic acids is 1. The summed E-state index contributed by atoms with van der Waals surface area (Å²) < 4.78 is 6.35. The molecule has 1 N–H and O–H groups in total. The molecule has 1 unspecified atom stereocenters. The standard InChI is InChI=1S/C14H16BrNO3/c1-16(11-6-7-19-9-11)13-4-2-10(8-12(13)15)3-5-14(17)18/h2-5,8,11H,6-7,9H2,1H3,(H,17,18)/b5-3+. The minimum Gasteiger partial charge on any atom is -0.478 e. The number of nitrogens with zero attached hydrogens (tertiary/aromatic N) is 1. The van der Waals surface area contributed by atoms with Crippen molar-refractivity contribution in [2.75, 3.05) is 25.2 Å². The second kappa shape index (κ2) is 6.21. The number of benzene rings is 1. The molecule has 1 atom stereocenters. The SMILES string of the molecule is CN(c1ccc(/C=C/C(=O)O)cc1Br)C1CCOC1. The van der Waals surface area contributed by atoms with Crippen LogP contribution in [0.1, 0.15) is 12.0 Å². The van der Waals surface area contributed by atoms with E-state index in [4.69, 9.17) is 9.84 Å². The van der Waals surface area contributed by atoms with Gasteiger partial charge in [0.25, 0.3) is 0 Å². The molecule has 1 aliphatic heterocycles. The van der Waals surface area contributed by atoms with E-state index < -0.39 is 5.97 Å². The molecule has 1 aliphatic rings. The van der Waals surface area contributed by atoms with Gasteiger partial charge in [0, 0.05) is 24.2 Å². The normalized spacial score (nSPS) is 18.9. The Bertz CT molecular complexity index is 495. The Hall–Kier alpha value is -1.33. The quantitative estimate of drug-likeness (QED) is 0.865. The van der Waals surface area contributed by atoms with Crippen LogP contribution in [0.4, 0.5) is 5.69 Å². The van der Waals surface area contributed by atoms with Gasteiger partial charge in [-0.15, -0.1) is 0 Å². The summed E-state index contributed by atoms with van der Waals surface area (Å²) in [5.74, 6) is -0.944. The minimum absolute atomic E-state index is 0.400. The lowest BCUT2D eigenvalue weighted by molar-refractivity contribution is -0.131. The van der Waals surface area contributed by atoms with E-state index in [0.717, 1.165) is 41.4 Å². The zero-order chi connectivity index (χ0) is 13.8. The van der Waals surface area contributed by atoms with Crippen LogP contribution in [0.2, 0.25) is 0 Å². The Morgan fingerprint density at radius 2 is 2.37 bits per heavy atom. The van der Waals surface area contributed by atoms with Crippen LogP contribution in [0.3, 0.4) is 0 Å². The van der Waals surface area contributed by atoms with Gasteiger partial charge in [0.15, 0.2) is 0 Å². The van der Waals surface area contributed by atoms with Crippen molar-refractivity contribution in [1.29, 1.82) is 0 Å². The summed E-state index contributed by atoms with van der Waals surface area (Å²) in [6, 6.07) is 6.22. The van der Waals surface area contributed by atoms with Gasteiger partial charge in [-0.05, 0) is 46.1 Å². The summed E-state index contributed by atoms with van der Waals surface area (Å²) in [5.41, 5.74) is 1.94. The number of likely N-dealkylation sites (N-methyl/N-ethyl adjacent to an activating group) is 1. The van der Waals surface area contributed by atoms with Crippen LogP contribution in [0.15, 0.2) is 28.7 Å². The molecule has 1 aromatic rings. The highest BCUT2D eigenvalue weighted by atomic mass is 79.9. The van der Waals surface area contributed by atoms with Crippen molar-refractivity contribution in [3.63, 3.8) is 0 Å². The Balaban J connectivity index is 2.16. The van der Waals surface area contributed by atoms with Crippen molar-refractivity contribution in [2.24, 2.45) is 0 Å². The van der Waals surface area contributed by atoms with Gasteiger partial charge in [-0.3, -0.25) is 0 Å². The number of carboxylic acid groups (broad SMARTS) is 1. The highest BCUT2D eigenvalue weighted by molar-refractivity contribution is 9.10. The summed E-state index contributed by atoms with van der Waals surface area (Å²) >= 11 is 3.54. The van der Waals surface area contributed by atoms with Crippen LogP contribution in [-0.2, 0) is 9.53 Å². The molecule has 0 spiro atoms. The van der Waals surface area contributed by atoms with Crippen LogP contribution < -0.4 is 4.90 Å². The first-order valence-electron chi connectivity index (χ1n) is 6.09. The number of ether oxygens (including phenoxy) is 1. The molecule has 19 heavy (non-hydrogen) atoms. The van der Waals surface area contributed by atoms with Gasteiger partial charge in [0.05, 0.1) is 18.3 Å². The maximum absolute atomic E-state index is 10.5. The van der Waals surface area contributed by atoms with Gasteiger partial charge in [-0.2, -0.15) is 0 Å². The monoisotopic (exact) mass is 325 g/mol. The molecule has 0 bridgehead atoms. The van der Waals surface area contributed by atoms with E-state index in [-0.39, 0.29) is 0 Å². The van der Waals surface area contributed by atoms with Crippen molar-refractivity contribution < 1.29 is 14.6 Å². The Morgan fingerprint density at radius 1 is 1.58 bits per heavy atom. The van der Waals surface area contributed by atoms with Crippen LogP contribution in [0, 0.1) is 0 Å². The molecule has 0 radical (unpaired) electrons. The van der Waals surface area contributed by atoms with Crippen molar-refractivity contribution in [3.05, 3.63) is 34.3 Å². The molecule has 1 saturated heterocycles. The molecule has 102 valence electrons. The maximum atomic E-state index is 10.5. The Kier molecular flexibility index (Phi) is 4.61. The molecule has 2 rings (SSSR count). The van der Waals surface area contributed by atoms with Gasteiger partial charge in [0.2, 0.25) is 0 Å². The second-order valence-corrected chi connectivity index (χ2v) is 5.37. The van der Waals surface area contributed by atoms with E-state index in [1.165, 1.54) is 0 Å². The van der Waals surface area contributed by atoms with Crippen molar-refractivity contribution in [1.82, 2.24) is 0 Å². The van der Waals surface area contributed by atoms with Gasteiger partial charge in [-0.1, -0.05) is 6.07 Å². The predicted octanol–water partition coefficient (Wildman–Crippen LogP) is 2.77. The van der Waals surface area contributed by atoms with Crippen LogP contribution in [0.5, 0.6) is 0 Å². The second-order valence-electron chi connectivity index (χ2n) is 4.51. The molecule has 0 saturated carbocycles. The largest absolute Gasteiger partial charge is 0.478 e. The zero-order valence-electron chi connectivity index (χ0n) is 10.7. The lowest BCUT2D eigenvalue weighted by atomic mass is 10.1. The summed E-state index contributed by atoms with van der Waals surface area (Å²) in [6.45, 7) is 1.57. The number of hydrogen-bond donors (Lipinski definition) is 1. The maximum Gasteiger partial charge on any atom is 0.328 e. The van der Waals surface area contributed by atoms with Gasteiger partial charge in [0.1, 0.15) is 0 Å². The molecule has 1 aromatic carbocycles. The molecule has 0 aliphatic carbocycles. The number of hydrogen-bond acceptors (Lipinski definition) is 3. The van der Waals surface area contributed by atoms with Gasteiger partial charge < -0.3 is 14.7 Å². The number of carbonyl (C=O) groups is 1. The Labute approximate surface area is 120 Å². The fraction of sp³-hybridized carbons (Fsp3) is 0.357. The topological polar surface area (TPSA) is 49.8 Å². The van der Waals surface area contributed by atoms with Crippen molar-refractivity contribution in [3.8, 4) is 0 Å². The third-order valence-corrected chi connectivity index (χ3v) is 3.86. The Morgan fingerprint density at radius 3 is 2.95 bits per heavy atom. The van der Waals surface area contributed by atoms with E-state index in [0.29, 0.717) is 6.04 Å². The number of aliphatic carboxylic acids is 1. The van der Waals surface area contributed by atoms with E-state index in [1.807, 2.05) is 25.2 Å². The fourth-order valence-corrected chi connectivity index (χ4v) is 2.78. The lowest BCUT2D eigenvalue weighted by Gasteiger charge is -2.26. The highest BCUT2D eigenvalue weighted by Crippen LogP contribution is 2.29. The van der Waals surface area contributed by atoms with Crippen molar-refractivity contribution in [2.45, 2.75) is 12.5 Å². The van der Waals surface area contributed by atoms with E-state index >= 15 is 0 Å². The van der Waals surface area contributed by atoms with E-state index in [1.54, 1.807) is 6.08 Å². The molecule has 1 fully saturated rings.